The van der Waals surface area contributed by atoms with Crippen molar-refractivity contribution in [1.82, 2.24) is 9.78 Å². The van der Waals surface area contributed by atoms with E-state index in [1.165, 1.54) is 12.1 Å². The number of rotatable bonds is 6. The van der Waals surface area contributed by atoms with Crippen LogP contribution in [0.2, 0.25) is 0 Å². The highest BCUT2D eigenvalue weighted by Crippen LogP contribution is 2.20. The van der Waals surface area contributed by atoms with E-state index in [9.17, 15) is 9.18 Å². The molecule has 1 aromatic carbocycles. The first-order valence-corrected chi connectivity index (χ1v) is 7.47. The number of hydrogen-bond acceptors (Lipinski definition) is 4. The molecule has 118 valence electrons. The van der Waals surface area contributed by atoms with Crippen LogP contribution in [-0.2, 0) is 11.5 Å². The number of hydrogen-bond donors (Lipinski definition) is 2. The first-order chi connectivity index (χ1) is 10.5. The Balaban J connectivity index is 2.05. The zero-order valence-corrected chi connectivity index (χ0v) is 13.4. The fraction of sp³-hybridized carbons (Fsp3) is 0.333. The molecule has 0 saturated heterocycles. The molecule has 0 unspecified atom stereocenters. The van der Waals surface area contributed by atoms with Gasteiger partial charge in [0.2, 0.25) is 5.91 Å². The van der Waals surface area contributed by atoms with E-state index in [0.29, 0.717) is 29.3 Å². The van der Waals surface area contributed by atoms with Crippen molar-refractivity contribution < 1.29 is 13.9 Å². The van der Waals surface area contributed by atoms with Gasteiger partial charge >= 0.3 is 0 Å². The molecule has 1 amide bonds. The van der Waals surface area contributed by atoms with Gasteiger partial charge in [0, 0.05) is 6.42 Å². The Hall–Kier alpha value is -2.02. The maximum absolute atomic E-state index is 12.8. The van der Waals surface area contributed by atoms with Crippen LogP contribution < -0.4 is 10.1 Å². The van der Waals surface area contributed by atoms with Gasteiger partial charge in [-0.05, 0) is 43.9 Å². The molecule has 0 aliphatic heterocycles. The van der Waals surface area contributed by atoms with Crippen molar-refractivity contribution in [1.29, 1.82) is 0 Å². The Morgan fingerprint density at radius 2 is 2.05 bits per heavy atom. The summed E-state index contributed by atoms with van der Waals surface area (Å²) in [6.07, 6.45) is 0.346. The highest BCUT2D eigenvalue weighted by molar-refractivity contribution is 7.80. The summed E-state index contributed by atoms with van der Waals surface area (Å²) in [6, 6.07) is 5.77. The van der Waals surface area contributed by atoms with Gasteiger partial charge in [-0.1, -0.05) is 0 Å². The van der Waals surface area contributed by atoms with Crippen molar-refractivity contribution in [3.63, 3.8) is 0 Å². The lowest BCUT2D eigenvalue weighted by Crippen LogP contribution is -2.13. The van der Waals surface area contributed by atoms with Crippen molar-refractivity contribution in [2.75, 3.05) is 11.1 Å². The van der Waals surface area contributed by atoms with Crippen molar-refractivity contribution >= 4 is 24.2 Å². The minimum absolute atomic E-state index is 0.0970. The first-order valence-electron chi connectivity index (χ1n) is 6.84. The number of aryl methyl sites for hydroxylation is 1. The molecule has 0 saturated carbocycles. The zero-order valence-electron chi connectivity index (χ0n) is 12.5. The summed E-state index contributed by atoms with van der Waals surface area (Å²) in [7, 11) is 0. The molecule has 0 bridgehead atoms. The molecule has 0 spiro atoms. The van der Waals surface area contributed by atoms with Crippen LogP contribution in [0.3, 0.4) is 0 Å². The van der Waals surface area contributed by atoms with E-state index in [1.807, 2.05) is 13.8 Å². The second-order valence-electron chi connectivity index (χ2n) is 4.79. The Labute approximate surface area is 133 Å². The lowest BCUT2D eigenvalue weighted by molar-refractivity contribution is -0.115. The molecule has 7 heteroatoms. The van der Waals surface area contributed by atoms with E-state index in [0.717, 1.165) is 5.69 Å². The van der Waals surface area contributed by atoms with E-state index >= 15 is 0 Å². The van der Waals surface area contributed by atoms with Crippen molar-refractivity contribution in [2.45, 2.75) is 27.0 Å². The summed E-state index contributed by atoms with van der Waals surface area (Å²) >= 11 is 4.04. The van der Waals surface area contributed by atoms with Gasteiger partial charge in [0.05, 0.1) is 17.1 Å². The van der Waals surface area contributed by atoms with Gasteiger partial charge in [0.25, 0.3) is 0 Å². The predicted octanol–water partition coefficient (Wildman–Crippen LogP) is 2.93. The number of amides is 1. The molecular formula is C15H18FN3O2S. The van der Waals surface area contributed by atoms with Gasteiger partial charge in [0.1, 0.15) is 11.6 Å². The van der Waals surface area contributed by atoms with E-state index in [4.69, 9.17) is 4.74 Å². The topological polar surface area (TPSA) is 56.1 Å². The normalized spacial score (nSPS) is 10.5. The van der Waals surface area contributed by atoms with E-state index in [2.05, 4.69) is 23.0 Å². The van der Waals surface area contributed by atoms with Crippen LogP contribution in [0.4, 0.5) is 10.1 Å². The van der Waals surface area contributed by atoms with Crippen LogP contribution >= 0.6 is 12.6 Å². The lowest BCUT2D eigenvalue weighted by atomic mass is 10.3. The third-order valence-corrected chi connectivity index (χ3v) is 3.38. The maximum atomic E-state index is 12.8. The molecular weight excluding hydrogens is 305 g/mol. The third-order valence-electron chi connectivity index (χ3n) is 3.15. The van der Waals surface area contributed by atoms with Crippen molar-refractivity contribution in [3.8, 4) is 5.75 Å². The van der Waals surface area contributed by atoms with E-state index in [-0.39, 0.29) is 18.5 Å². The molecule has 1 aromatic heterocycles. The molecule has 1 heterocycles. The van der Waals surface area contributed by atoms with Crippen LogP contribution in [0, 0.1) is 19.7 Å². The van der Waals surface area contributed by atoms with Gasteiger partial charge in [-0.25, -0.2) is 9.07 Å². The summed E-state index contributed by atoms with van der Waals surface area (Å²) in [4.78, 5) is 11.7. The largest absolute Gasteiger partial charge is 0.471 e. The monoisotopic (exact) mass is 323 g/mol. The van der Waals surface area contributed by atoms with E-state index < -0.39 is 0 Å². The molecule has 2 aromatic rings. The zero-order chi connectivity index (χ0) is 16.1. The van der Waals surface area contributed by atoms with Crippen molar-refractivity contribution in [3.05, 3.63) is 41.5 Å². The third kappa shape index (κ3) is 4.00. The number of aromatic nitrogens is 2. The number of benzene rings is 1. The maximum Gasteiger partial charge on any atom is 0.225 e. The summed E-state index contributed by atoms with van der Waals surface area (Å²) in [5.41, 5.74) is 2.20. The SMILES string of the molecule is Cc1nn(COc2ccc(F)cc2)c(C)c1NC(=O)CCS. The number of nitrogens with zero attached hydrogens (tertiary/aromatic N) is 2. The van der Waals surface area contributed by atoms with Crippen molar-refractivity contribution in [2.24, 2.45) is 0 Å². The second kappa shape index (κ2) is 7.31. The molecule has 0 radical (unpaired) electrons. The second-order valence-corrected chi connectivity index (χ2v) is 5.24. The van der Waals surface area contributed by atoms with Crippen LogP contribution in [-0.4, -0.2) is 21.4 Å². The van der Waals surface area contributed by atoms with Gasteiger partial charge in [0.15, 0.2) is 6.73 Å². The summed E-state index contributed by atoms with van der Waals surface area (Å²) in [5.74, 6) is 0.633. The fourth-order valence-electron chi connectivity index (χ4n) is 1.97. The smallest absolute Gasteiger partial charge is 0.225 e. The van der Waals surface area contributed by atoms with Crippen LogP contribution in [0.1, 0.15) is 17.8 Å². The number of nitrogens with one attached hydrogen (secondary N) is 1. The minimum atomic E-state index is -0.312. The molecule has 5 nitrogen and oxygen atoms in total. The number of carbonyl (C=O) groups excluding carboxylic acids is 1. The fourth-order valence-corrected chi connectivity index (χ4v) is 2.18. The Morgan fingerprint density at radius 1 is 1.36 bits per heavy atom. The Bertz CT molecular complexity index is 656. The molecule has 0 atom stereocenters. The number of ether oxygens (including phenoxy) is 1. The Kier molecular flexibility index (Phi) is 5.43. The van der Waals surface area contributed by atoms with Gasteiger partial charge in [-0.2, -0.15) is 17.7 Å². The quantitative estimate of drug-likeness (QED) is 0.804. The molecule has 1 N–H and O–H groups in total. The van der Waals surface area contributed by atoms with Crippen LogP contribution in [0.5, 0.6) is 5.75 Å². The standard InChI is InChI=1S/C15H18FN3O2S/c1-10-15(17-14(20)7-8-22)11(2)19(18-10)9-21-13-5-3-12(16)4-6-13/h3-6,22H,7-9H2,1-2H3,(H,17,20). The lowest BCUT2D eigenvalue weighted by Gasteiger charge is -2.08. The summed E-state index contributed by atoms with van der Waals surface area (Å²) in [6.45, 7) is 3.85. The van der Waals surface area contributed by atoms with Gasteiger partial charge in [-0.3, -0.25) is 4.79 Å². The number of thiol groups is 1. The average Bonchev–Trinajstić information content (AvgIpc) is 2.75. The minimum Gasteiger partial charge on any atom is -0.471 e. The number of carbonyl (C=O) groups is 1. The first kappa shape index (κ1) is 16.4. The average molecular weight is 323 g/mol. The number of halogens is 1. The molecule has 0 fully saturated rings. The van der Waals surface area contributed by atoms with Crippen LogP contribution in [0.15, 0.2) is 24.3 Å². The molecule has 22 heavy (non-hydrogen) atoms. The number of anilines is 1. The predicted molar refractivity (Wildman–Crippen MR) is 85.8 cm³/mol. The van der Waals surface area contributed by atoms with Gasteiger partial charge < -0.3 is 10.1 Å². The molecule has 0 aliphatic rings. The molecule has 2 rings (SSSR count). The molecule has 0 aliphatic carbocycles. The van der Waals surface area contributed by atoms with Crippen LogP contribution in [0.25, 0.3) is 0 Å². The Morgan fingerprint density at radius 3 is 2.68 bits per heavy atom. The van der Waals surface area contributed by atoms with E-state index in [1.54, 1.807) is 16.8 Å². The highest BCUT2D eigenvalue weighted by atomic mass is 32.1. The summed E-state index contributed by atoms with van der Waals surface area (Å²) < 4.78 is 20.0. The highest BCUT2D eigenvalue weighted by Gasteiger charge is 2.14. The summed E-state index contributed by atoms with van der Waals surface area (Å²) in [5, 5.41) is 7.17. The van der Waals surface area contributed by atoms with Gasteiger partial charge in [-0.15, -0.1) is 0 Å².